The molecule has 142 valence electrons. The Balaban J connectivity index is 2.19. The van der Waals surface area contributed by atoms with Crippen molar-refractivity contribution in [3.63, 3.8) is 0 Å². The molecule has 2 aromatic rings. The van der Waals surface area contributed by atoms with Gasteiger partial charge in [0.25, 0.3) is 0 Å². The van der Waals surface area contributed by atoms with Crippen LogP contribution in [-0.2, 0) is 10.4 Å². The molecular weight excluding hydrogens is 402 g/mol. The van der Waals surface area contributed by atoms with Crippen LogP contribution in [0.25, 0.3) is 5.70 Å². The van der Waals surface area contributed by atoms with Crippen LogP contribution in [-0.4, -0.2) is 24.6 Å². The molecule has 0 saturated heterocycles. The van der Waals surface area contributed by atoms with Gasteiger partial charge in [-0.05, 0) is 42.8 Å². The van der Waals surface area contributed by atoms with E-state index in [-0.39, 0.29) is 21.3 Å². The Hall–Kier alpha value is -2.02. The van der Waals surface area contributed by atoms with Gasteiger partial charge in [-0.25, -0.2) is 4.84 Å². The highest BCUT2D eigenvalue weighted by atomic mass is 35.5. The molecule has 1 unspecified atom stereocenters. The molecule has 8 heteroatoms. The topological polar surface area (TPSA) is 29.5 Å². The molecule has 3 rings (SSSR count). The monoisotopic (exact) mass is 415 g/mol. The summed E-state index contributed by atoms with van der Waals surface area (Å²) in [6.45, 7) is 1.71. The molecule has 0 bridgehead atoms. The number of halogens is 5. The molecule has 0 fully saturated rings. The fraction of sp³-hybridized carbons (Fsp3) is 0.211. The number of rotatable bonds is 3. The molecule has 0 N–H and O–H groups in total. The van der Waals surface area contributed by atoms with Crippen LogP contribution in [0.1, 0.15) is 27.0 Å². The number of hydroxylamine groups is 2. The van der Waals surface area contributed by atoms with Gasteiger partial charge in [0, 0.05) is 33.8 Å². The van der Waals surface area contributed by atoms with Gasteiger partial charge in [-0.2, -0.15) is 13.2 Å². The second-order valence-corrected chi connectivity index (χ2v) is 7.07. The third-order valence-electron chi connectivity index (χ3n) is 4.37. The third kappa shape index (κ3) is 3.45. The van der Waals surface area contributed by atoms with Crippen LogP contribution in [0.15, 0.2) is 42.5 Å². The number of aldehydes is 1. The first kappa shape index (κ1) is 19.7. The summed E-state index contributed by atoms with van der Waals surface area (Å²) in [5.41, 5.74) is -1.15. The summed E-state index contributed by atoms with van der Waals surface area (Å²) in [5.74, 6) is 0. The van der Waals surface area contributed by atoms with Crippen molar-refractivity contribution in [2.24, 2.45) is 0 Å². The molecule has 27 heavy (non-hydrogen) atoms. The van der Waals surface area contributed by atoms with E-state index in [0.29, 0.717) is 23.0 Å². The second kappa shape index (κ2) is 6.86. The SMILES string of the molecule is Cc1cc(C2=CC(c3cc(Cl)cc(Cl)c3)(C(F)(F)F)ON2C)ccc1C=O. The van der Waals surface area contributed by atoms with E-state index >= 15 is 0 Å². The molecule has 1 atom stereocenters. The van der Waals surface area contributed by atoms with Crippen molar-refractivity contribution in [2.75, 3.05) is 7.05 Å². The smallest absolute Gasteiger partial charge is 0.298 e. The van der Waals surface area contributed by atoms with E-state index in [4.69, 9.17) is 28.0 Å². The zero-order chi connectivity index (χ0) is 20.0. The van der Waals surface area contributed by atoms with Crippen LogP contribution in [0, 0.1) is 6.92 Å². The minimum absolute atomic E-state index is 0.0698. The molecule has 1 aliphatic rings. The van der Waals surface area contributed by atoms with Crippen molar-refractivity contribution in [2.45, 2.75) is 18.7 Å². The Morgan fingerprint density at radius 2 is 1.74 bits per heavy atom. The standard InChI is InChI=1S/C19H14Cl2F3NO2/c1-11-5-12(3-4-13(11)10-26)17-9-18(19(22,23)24,27-25(17)2)14-6-15(20)8-16(21)7-14/h3-10H,1-2H3. The highest BCUT2D eigenvalue weighted by Gasteiger charge is 2.60. The maximum atomic E-state index is 14.1. The van der Waals surface area contributed by atoms with Gasteiger partial charge in [-0.1, -0.05) is 35.3 Å². The number of carbonyl (C=O) groups excluding carboxylic acids is 1. The van der Waals surface area contributed by atoms with Gasteiger partial charge in [-0.15, -0.1) is 0 Å². The van der Waals surface area contributed by atoms with E-state index in [1.807, 2.05) is 0 Å². The minimum Gasteiger partial charge on any atom is -0.298 e. The van der Waals surface area contributed by atoms with E-state index in [0.717, 1.165) is 11.1 Å². The molecule has 0 spiro atoms. The van der Waals surface area contributed by atoms with E-state index in [1.165, 1.54) is 25.2 Å². The molecule has 0 radical (unpaired) electrons. The van der Waals surface area contributed by atoms with Gasteiger partial charge in [0.1, 0.15) is 6.29 Å². The Morgan fingerprint density at radius 3 is 2.26 bits per heavy atom. The van der Waals surface area contributed by atoms with Crippen molar-refractivity contribution < 1.29 is 22.8 Å². The maximum absolute atomic E-state index is 14.1. The lowest BCUT2D eigenvalue weighted by Crippen LogP contribution is -2.42. The molecule has 1 aliphatic heterocycles. The Morgan fingerprint density at radius 1 is 1.11 bits per heavy atom. The van der Waals surface area contributed by atoms with Crippen molar-refractivity contribution >= 4 is 35.2 Å². The largest absolute Gasteiger partial charge is 0.428 e. The number of aryl methyl sites for hydroxylation is 1. The number of benzene rings is 2. The van der Waals surface area contributed by atoms with Crippen molar-refractivity contribution in [1.29, 1.82) is 0 Å². The Labute approximate surface area is 163 Å². The molecule has 3 nitrogen and oxygen atoms in total. The van der Waals surface area contributed by atoms with Crippen LogP contribution in [0.5, 0.6) is 0 Å². The molecule has 0 saturated carbocycles. The van der Waals surface area contributed by atoms with E-state index in [9.17, 15) is 18.0 Å². The molecule has 2 aromatic carbocycles. The van der Waals surface area contributed by atoms with Crippen LogP contribution >= 0.6 is 23.2 Å². The zero-order valence-corrected chi connectivity index (χ0v) is 15.8. The summed E-state index contributed by atoms with van der Waals surface area (Å²) < 4.78 is 42.3. The van der Waals surface area contributed by atoms with Crippen molar-refractivity contribution in [3.8, 4) is 0 Å². The van der Waals surface area contributed by atoms with E-state index in [2.05, 4.69) is 0 Å². The fourth-order valence-corrected chi connectivity index (χ4v) is 3.53. The number of nitrogens with zero attached hydrogens (tertiary/aromatic N) is 1. The lowest BCUT2D eigenvalue weighted by atomic mass is 9.91. The third-order valence-corrected chi connectivity index (χ3v) is 4.80. The average Bonchev–Trinajstić information content (AvgIpc) is 2.92. The van der Waals surface area contributed by atoms with Crippen LogP contribution < -0.4 is 0 Å². The predicted molar refractivity (Wildman–Crippen MR) is 97.6 cm³/mol. The van der Waals surface area contributed by atoms with E-state index in [1.54, 1.807) is 25.1 Å². The Kier molecular flexibility index (Phi) is 5.01. The number of hydrogen-bond donors (Lipinski definition) is 0. The summed E-state index contributed by atoms with van der Waals surface area (Å²) in [5, 5.41) is 1.19. The lowest BCUT2D eigenvalue weighted by Gasteiger charge is -2.31. The quantitative estimate of drug-likeness (QED) is 0.594. The van der Waals surface area contributed by atoms with Gasteiger partial charge in [0.2, 0.25) is 5.60 Å². The highest BCUT2D eigenvalue weighted by molar-refractivity contribution is 6.34. The molecule has 1 heterocycles. The van der Waals surface area contributed by atoms with Gasteiger partial charge in [0.05, 0.1) is 5.70 Å². The minimum atomic E-state index is -4.77. The zero-order valence-electron chi connectivity index (χ0n) is 14.3. The van der Waals surface area contributed by atoms with E-state index < -0.39 is 11.8 Å². The normalized spacial score (nSPS) is 20.0. The summed E-state index contributed by atoms with van der Waals surface area (Å²) in [7, 11) is 1.38. The molecular formula is C19H14Cl2F3NO2. The Bertz CT molecular complexity index is 923. The van der Waals surface area contributed by atoms with Gasteiger partial charge in [0.15, 0.2) is 0 Å². The fourth-order valence-electron chi connectivity index (χ4n) is 3.01. The molecule has 0 aliphatic carbocycles. The summed E-state index contributed by atoms with van der Waals surface area (Å²) in [4.78, 5) is 16.3. The van der Waals surface area contributed by atoms with Crippen LogP contribution in [0.2, 0.25) is 10.0 Å². The van der Waals surface area contributed by atoms with Crippen molar-refractivity contribution in [1.82, 2.24) is 5.06 Å². The van der Waals surface area contributed by atoms with Gasteiger partial charge >= 0.3 is 6.18 Å². The molecule has 0 aromatic heterocycles. The highest BCUT2D eigenvalue weighted by Crippen LogP contribution is 2.50. The first-order valence-corrected chi connectivity index (χ1v) is 8.58. The number of alkyl halides is 3. The van der Waals surface area contributed by atoms with Gasteiger partial charge < -0.3 is 0 Å². The summed E-state index contributed by atoms with van der Waals surface area (Å²) in [6.07, 6.45) is -3.09. The number of carbonyl (C=O) groups is 1. The maximum Gasteiger partial charge on any atom is 0.428 e. The summed E-state index contributed by atoms with van der Waals surface area (Å²) >= 11 is 11.8. The number of hydrogen-bond acceptors (Lipinski definition) is 3. The van der Waals surface area contributed by atoms with Crippen LogP contribution in [0.4, 0.5) is 13.2 Å². The van der Waals surface area contributed by atoms with Gasteiger partial charge in [-0.3, -0.25) is 9.86 Å². The first-order valence-electron chi connectivity index (χ1n) is 7.82. The van der Waals surface area contributed by atoms with Crippen molar-refractivity contribution in [3.05, 3.63) is 74.8 Å². The molecule has 0 amide bonds. The van der Waals surface area contributed by atoms with Crippen LogP contribution in [0.3, 0.4) is 0 Å². The lowest BCUT2D eigenvalue weighted by molar-refractivity contribution is -0.308. The summed E-state index contributed by atoms with van der Waals surface area (Å²) in [6, 6.07) is 8.45. The predicted octanol–water partition coefficient (Wildman–Crippen LogP) is 5.79. The first-order chi connectivity index (χ1) is 12.6. The average molecular weight is 416 g/mol. The second-order valence-electron chi connectivity index (χ2n) is 6.20.